The number of amides is 1. The van der Waals surface area contributed by atoms with Crippen LogP contribution in [0.4, 0.5) is 0 Å². The Balaban J connectivity index is 1.38. The van der Waals surface area contributed by atoms with Crippen molar-refractivity contribution >= 4 is 5.91 Å². The van der Waals surface area contributed by atoms with E-state index in [9.17, 15) is 9.59 Å². The Hall–Kier alpha value is -4.14. The van der Waals surface area contributed by atoms with Crippen molar-refractivity contribution in [1.82, 2.24) is 35.1 Å². The number of hydrogen-bond acceptors (Lipinski definition) is 6. The smallest absolute Gasteiger partial charge is 0.257 e. The fourth-order valence-corrected chi connectivity index (χ4v) is 5.56. The Morgan fingerprint density at radius 1 is 1.02 bits per heavy atom. The highest BCUT2D eigenvalue weighted by Crippen LogP contribution is 2.30. The van der Waals surface area contributed by atoms with Gasteiger partial charge in [-0.25, -0.2) is 4.98 Å². The van der Waals surface area contributed by atoms with Crippen molar-refractivity contribution in [3.05, 3.63) is 81.5 Å². The molecular formula is C32H39N7O2. The van der Waals surface area contributed by atoms with Gasteiger partial charge in [0.25, 0.3) is 5.56 Å². The summed E-state index contributed by atoms with van der Waals surface area (Å²) < 4.78 is 1.81. The number of carbonyl (C=O) groups is 1. The van der Waals surface area contributed by atoms with Crippen molar-refractivity contribution in [1.29, 1.82) is 0 Å². The molecule has 9 heteroatoms. The van der Waals surface area contributed by atoms with Gasteiger partial charge in [0.05, 0.1) is 6.54 Å². The maximum absolute atomic E-state index is 13.8. The highest BCUT2D eigenvalue weighted by Gasteiger charge is 2.22. The number of hydrogen-bond donors (Lipinski definition) is 1. The lowest BCUT2D eigenvalue weighted by molar-refractivity contribution is -0.132. The molecule has 1 aliphatic heterocycles. The van der Waals surface area contributed by atoms with Gasteiger partial charge in [-0.2, -0.15) is 5.21 Å². The van der Waals surface area contributed by atoms with E-state index in [1.165, 1.54) is 0 Å². The predicted octanol–water partition coefficient (Wildman–Crippen LogP) is 4.98. The summed E-state index contributed by atoms with van der Waals surface area (Å²) in [5.74, 6) is 2.15. The molecule has 1 fully saturated rings. The molecule has 0 radical (unpaired) electrons. The maximum Gasteiger partial charge on any atom is 0.257 e. The molecule has 1 saturated heterocycles. The molecule has 0 spiro atoms. The topological polar surface area (TPSA) is 110 Å². The Labute approximate surface area is 241 Å². The number of rotatable bonds is 10. The van der Waals surface area contributed by atoms with Crippen LogP contribution < -0.4 is 5.56 Å². The standard InChI is InChI=1S/C32H39N7O2/c1-4-5-10-29-33-23(3)26(15-16-30(40)38-19-17-22(2)18-20-38)32(41)39(29)21-24-11-13-25(14-12-24)27-8-6-7-9-28(27)31-34-36-37-35-31/h6-9,11-14,22H,4-5,10,15-21H2,1-3H3,(H,34,35,36,37). The highest BCUT2D eigenvalue weighted by molar-refractivity contribution is 5.80. The number of aromatic amines is 1. The third kappa shape index (κ3) is 6.61. The number of unbranched alkanes of at least 4 members (excludes halogenated alkanes) is 1. The summed E-state index contributed by atoms with van der Waals surface area (Å²) in [4.78, 5) is 33.6. The maximum atomic E-state index is 13.8. The van der Waals surface area contributed by atoms with Crippen LogP contribution >= 0.6 is 0 Å². The average molecular weight is 554 g/mol. The molecular weight excluding hydrogens is 514 g/mol. The fourth-order valence-electron chi connectivity index (χ4n) is 5.56. The van der Waals surface area contributed by atoms with Gasteiger partial charge in [-0.1, -0.05) is 68.8 Å². The van der Waals surface area contributed by atoms with E-state index in [1.807, 2.05) is 40.7 Å². The third-order valence-electron chi connectivity index (χ3n) is 8.15. The summed E-state index contributed by atoms with van der Waals surface area (Å²) in [5, 5.41) is 14.5. The second-order valence-corrected chi connectivity index (χ2v) is 11.1. The zero-order valence-corrected chi connectivity index (χ0v) is 24.3. The number of nitrogens with zero attached hydrogens (tertiary/aromatic N) is 6. The molecule has 0 bridgehead atoms. The van der Waals surface area contributed by atoms with Gasteiger partial charge in [0, 0.05) is 42.8 Å². The summed E-state index contributed by atoms with van der Waals surface area (Å²) in [5.41, 5.74) is 5.30. The van der Waals surface area contributed by atoms with Crippen LogP contribution in [0.5, 0.6) is 0 Å². The molecule has 214 valence electrons. The van der Waals surface area contributed by atoms with Gasteiger partial charge >= 0.3 is 0 Å². The van der Waals surface area contributed by atoms with Crippen molar-refractivity contribution < 1.29 is 4.79 Å². The summed E-state index contributed by atoms with van der Waals surface area (Å²) >= 11 is 0. The number of carbonyl (C=O) groups excluding carboxylic acids is 1. The van der Waals surface area contributed by atoms with Crippen molar-refractivity contribution in [3.63, 3.8) is 0 Å². The minimum Gasteiger partial charge on any atom is -0.343 e. The Kier molecular flexibility index (Phi) is 9.01. The largest absolute Gasteiger partial charge is 0.343 e. The van der Waals surface area contributed by atoms with E-state index < -0.39 is 0 Å². The first-order valence-electron chi connectivity index (χ1n) is 14.7. The molecule has 0 saturated carbocycles. The van der Waals surface area contributed by atoms with Crippen molar-refractivity contribution in [3.8, 4) is 22.5 Å². The Bertz CT molecular complexity index is 1520. The average Bonchev–Trinajstić information content (AvgIpc) is 3.53. The number of aromatic nitrogens is 6. The van der Waals surface area contributed by atoms with Gasteiger partial charge < -0.3 is 4.90 Å². The molecule has 5 rings (SSSR count). The molecule has 41 heavy (non-hydrogen) atoms. The molecule has 4 aromatic rings. The number of aryl methyl sites for hydroxylation is 2. The lowest BCUT2D eigenvalue weighted by Crippen LogP contribution is -2.38. The second kappa shape index (κ2) is 13.0. The second-order valence-electron chi connectivity index (χ2n) is 11.1. The van der Waals surface area contributed by atoms with Crippen LogP contribution in [0, 0.1) is 12.8 Å². The minimum atomic E-state index is -0.0322. The first-order valence-corrected chi connectivity index (χ1v) is 14.7. The summed E-state index contributed by atoms with van der Waals surface area (Å²) in [6.07, 6.45) is 5.59. The van der Waals surface area contributed by atoms with Gasteiger partial charge in [-0.05, 0) is 60.4 Å². The van der Waals surface area contributed by atoms with E-state index in [0.29, 0.717) is 36.7 Å². The molecule has 9 nitrogen and oxygen atoms in total. The molecule has 1 amide bonds. The molecule has 0 unspecified atom stereocenters. The van der Waals surface area contributed by atoms with Gasteiger partial charge in [-0.15, -0.1) is 10.2 Å². The number of tetrazole rings is 1. The predicted molar refractivity (Wildman–Crippen MR) is 159 cm³/mol. The normalized spacial score (nSPS) is 14.0. The van der Waals surface area contributed by atoms with Gasteiger partial charge in [0.2, 0.25) is 11.7 Å². The van der Waals surface area contributed by atoms with Crippen LogP contribution in [-0.4, -0.2) is 54.1 Å². The third-order valence-corrected chi connectivity index (χ3v) is 8.15. The number of piperidine rings is 1. The first kappa shape index (κ1) is 28.4. The quantitative estimate of drug-likeness (QED) is 0.297. The van der Waals surface area contributed by atoms with E-state index in [0.717, 1.165) is 79.0 Å². The van der Waals surface area contributed by atoms with Gasteiger partial charge in [0.15, 0.2) is 0 Å². The molecule has 2 aromatic carbocycles. The van der Waals surface area contributed by atoms with Crippen LogP contribution in [0.25, 0.3) is 22.5 Å². The number of nitrogens with one attached hydrogen (secondary N) is 1. The van der Waals surface area contributed by atoms with E-state index in [1.54, 1.807) is 0 Å². The fraction of sp³-hybridized carbons (Fsp3) is 0.438. The lowest BCUT2D eigenvalue weighted by atomic mass is 9.98. The molecule has 1 aliphatic rings. The van der Waals surface area contributed by atoms with E-state index in [2.05, 4.69) is 58.7 Å². The van der Waals surface area contributed by atoms with Crippen LogP contribution in [0.3, 0.4) is 0 Å². The Morgan fingerprint density at radius 2 is 1.76 bits per heavy atom. The zero-order chi connectivity index (χ0) is 28.8. The van der Waals surface area contributed by atoms with Crippen molar-refractivity contribution in [2.24, 2.45) is 5.92 Å². The summed E-state index contributed by atoms with van der Waals surface area (Å²) in [6, 6.07) is 16.2. The van der Waals surface area contributed by atoms with E-state index >= 15 is 0 Å². The molecule has 2 aromatic heterocycles. The minimum absolute atomic E-state index is 0.0322. The molecule has 1 N–H and O–H groups in total. The molecule has 3 heterocycles. The number of likely N-dealkylation sites (tertiary alicyclic amines) is 1. The van der Waals surface area contributed by atoms with Crippen LogP contribution in [0.1, 0.15) is 68.6 Å². The van der Waals surface area contributed by atoms with E-state index in [4.69, 9.17) is 4.98 Å². The summed E-state index contributed by atoms with van der Waals surface area (Å²) in [6.45, 7) is 8.34. The zero-order valence-electron chi connectivity index (χ0n) is 24.3. The van der Waals surface area contributed by atoms with E-state index in [-0.39, 0.29) is 11.5 Å². The van der Waals surface area contributed by atoms with Crippen LogP contribution in [0.2, 0.25) is 0 Å². The van der Waals surface area contributed by atoms with Gasteiger partial charge in [0.1, 0.15) is 5.82 Å². The monoisotopic (exact) mass is 553 g/mol. The first-order chi connectivity index (χ1) is 19.9. The van der Waals surface area contributed by atoms with Crippen LogP contribution in [0.15, 0.2) is 53.3 Å². The number of benzene rings is 2. The Morgan fingerprint density at radius 3 is 2.44 bits per heavy atom. The highest BCUT2D eigenvalue weighted by atomic mass is 16.2. The SMILES string of the molecule is CCCCc1nc(C)c(CCC(=O)N2CCC(C)CC2)c(=O)n1Cc1ccc(-c2ccccc2-c2nn[nH]n2)cc1. The molecule has 0 atom stereocenters. The van der Waals surface area contributed by atoms with Crippen molar-refractivity contribution in [2.75, 3.05) is 13.1 Å². The summed E-state index contributed by atoms with van der Waals surface area (Å²) in [7, 11) is 0. The van der Waals surface area contributed by atoms with Gasteiger partial charge in [-0.3, -0.25) is 14.2 Å². The molecule has 0 aliphatic carbocycles. The lowest BCUT2D eigenvalue weighted by Gasteiger charge is -2.30. The van der Waals surface area contributed by atoms with Crippen molar-refractivity contribution in [2.45, 2.75) is 72.3 Å². The van der Waals surface area contributed by atoms with Crippen LogP contribution in [-0.2, 0) is 24.2 Å². The number of H-pyrrole nitrogens is 1.